The first-order valence-electron chi connectivity index (χ1n) is 16.7. The van der Waals surface area contributed by atoms with Crippen LogP contribution in [-0.2, 0) is 0 Å². The first-order valence-corrected chi connectivity index (χ1v) is 17.6. The van der Waals surface area contributed by atoms with Gasteiger partial charge in [-0.3, -0.25) is 0 Å². The number of para-hydroxylation sites is 1. The summed E-state index contributed by atoms with van der Waals surface area (Å²) in [5.41, 5.74) is 11.0. The molecule has 0 radical (unpaired) electrons. The van der Waals surface area contributed by atoms with Crippen molar-refractivity contribution in [2.24, 2.45) is 0 Å². The molecule has 10 rings (SSSR count). The highest BCUT2D eigenvalue weighted by Gasteiger charge is 2.22. The normalized spacial score (nSPS) is 11.6. The van der Waals surface area contributed by atoms with Gasteiger partial charge in [-0.25, -0.2) is 9.97 Å². The maximum Gasteiger partial charge on any atom is 0.164 e. The smallest absolute Gasteiger partial charge is 0.164 e. The summed E-state index contributed by atoms with van der Waals surface area (Å²) in [6, 6.07) is 59.5. The third kappa shape index (κ3) is 4.73. The monoisotopic (exact) mass is 656 g/mol. The molecule has 0 saturated heterocycles. The van der Waals surface area contributed by atoms with Crippen molar-refractivity contribution in [3.05, 3.63) is 170 Å². The average molecular weight is 657 g/mol. The molecule has 0 atom stereocenters. The largest absolute Gasteiger partial charge is 0.455 e. The summed E-state index contributed by atoms with van der Waals surface area (Å²) in [6.07, 6.45) is 0. The fourth-order valence-corrected chi connectivity index (χ4v) is 8.30. The Balaban J connectivity index is 1.21. The summed E-state index contributed by atoms with van der Waals surface area (Å²) < 4.78 is 9.32. The fraction of sp³-hybridized carbons (Fsp3) is 0. The van der Waals surface area contributed by atoms with E-state index in [2.05, 4.69) is 133 Å². The topological polar surface area (TPSA) is 38.9 Å². The van der Waals surface area contributed by atoms with E-state index in [4.69, 9.17) is 14.4 Å². The third-order valence-corrected chi connectivity index (χ3v) is 10.7. The van der Waals surface area contributed by atoms with Crippen LogP contribution in [0.25, 0.3) is 98.3 Å². The first-order chi connectivity index (χ1) is 24.8. The van der Waals surface area contributed by atoms with Gasteiger partial charge in [0.25, 0.3) is 0 Å². The van der Waals surface area contributed by atoms with E-state index in [-0.39, 0.29) is 0 Å². The van der Waals surface area contributed by atoms with Gasteiger partial charge in [0.15, 0.2) is 5.82 Å². The highest BCUT2D eigenvalue weighted by Crippen LogP contribution is 2.46. The molecular weight excluding hydrogens is 629 g/mol. The summed E-state index contributed by atoms with van der Waals surface area (Å²) in [6.45, 7) is 0. The fourth-order valence-electron chi connectivity index (χ4n) is 7.16. The van der Waals surface area contributed by atoms with Crippen LogP contribution in [0.1, 0.15) is 0 Å². The minimum atomic E-state index is 0.628. The third-order valence-electron chi connectivity index (χ3n) is 9.54. The Labute approximate surface area is 292 Å². The lowest BCUT2D eigenvalue weighted by Crippen LogP contribution is -1.96. The molecule has 234 valence electrons. The van der Waals surface area contributed by atoms with Crippen molar-refractivity contribution in [3.63, 3.8) is 0 Å². The molecule has 0 fully saturated rings. The molecule has 0 unspecified atom stereocenters. The van der Waals surface area contributed by atoms with E-state index in [0.717, 1.165) is 55.6 Å². The van der Waals surface area contributed by atoms with E-state index in [1.165, 1.54) is 36.9 Å². The predicted molar refractivity (Wildman–Crippen MR) is 209 cm³/mol. The molecule has 0 bridgehead atoms. The maximum atomic E-state index is 6.76. The Bertz CT molecular complexity index is 2850. The van der Waals surface area contributed by atoms with Gasteiger partial charge in [0.05, 0.1) is 17.0 Å². The van der Waals surface area contributed by atoms with Crippen molar-refractivity contribution < 1.29 is 4.42 Å². The Kier molecular flexibility index (Phi) is 6.68. The first kappa shape index (κ1) is 28.6. The van der Waals surface area contributed by atoms with Crippen LogP contribution in [0.3, 0.4) is 0 Å². The number of furan rings is 1. The molecule has 4 heteroatoms. The van der Waals surface area contributed by atoms with Crippen LogP contribution < -0.4 is 0 Å². The number of nitrogens with zero attached hydrogens (tertiary/aromatic N) is 2. The summed E-state index contributed by atoms with van der Waals surface area (Å²) in [7, 11) is 0. The Hall–Kier alpha value is -6.36. The zero-order chi connectivity index (χ0) is 33.0. The number of hydrogen-bond donors (Lipinski definition) is 0. The van der Waals surface area contributed by atoms with Crippen molar-refractivity contribution >= 4 is 53.4 Å². The number of benzene rings is 7. The van der Waals surface area contributed by atoms with Gasteiger partial charge in [-0.05, 0) is 52.6 Å². The van der Waals surface area contributed by atoms with Crippen molar-refractivity contribution in [2.75, 3.05) is 0 Å². The number of fused-ring (bicyclic) bond motifs is 6. The predicted octanol–water partition coefficient (Wildman–Crippen LogP) is 13.1. The highest BCUT2D eigenvalue weighted by molar-refractivity contribution is 7.25. The van der Waals surface area contributed by atoms with Crippen LogP contribution in [0.15, 0.2) is 174 Å². The van der Waals surface area contributed by atoms with Gasteiger partial charge >= 0.3 is 0 Å². The second kappa shape index (κ2) is 11.7. The second-order valence-corrected chi connectivity index (χ2v) is 13.6. The molecule has 0 saturated carbocycles. The van der Waals surface area contributed by atoms with Gasteiger partial charge in [-0.1, -0.05) is 140 Å². The molecule has 0 amide bonds. The molecule has 3 nitrogen and oxygen atoms in total. The minimum absolute atomic E-state index is 0.628. The molecular formula is C46H28N2OS. The lowest BCUT2D eigenvalue weighted by Gasteiger charge is -2.12. The van der Waals surface area contributed by atoms with Crippen LogP contribution in [0, 0.1) is 0 Å². The van der Waals surface area contributed by atoms with Crippen LogP contribution >= 0.6 is 11.3 Å². The van der Waals surface area contributed by atoms with Gasteiger partial charge in [0.2, 0.25) is 0 Å². The van der Waals surface area contributed by atoms with Gasteiger partial charge in [0, 0.05) is 42.1 Å². The summed E-state index contributed by atoms with van der Waals surface area (Å²) >= 11 is 1.84. The zero-order valence-electron chi connectivity index (χ0n) is 26.9. The molecule has 0 N–H and O–H groups in total. The Morgan fingerprint density at radius 3 is 1.74 bits per heavy atom. The van der Waals surface area contributed by atoms with E-state index < -0.39 is 0 Å². The molecule has 0 aliphatic rings. The standard InChI is InChI=1S/C46H28N2OS/c1-3-12-29(13-4-1)30-22-24-32(25-23-30)39-28-38(31-14-5-2-6-15-31)47-46(48-39)37-27-26-34(44-35-16-7-9-19-40(35)49-45(37)44)33-18-11-21-42-43(33)36-17-8-10-20-41(36)50-42/h1-28H. The van der Waals surface area contributed by atoms with Crippen molar-refractivity contribution in [1.82, 2.24) is 9.97 Å². The van der Waals surface area contributed by atoms with Crippen LogP contribution in [0.4, 0.5) is 0 Å². The quantitative estimate of drug-likeness (QED) is 0.185. The molecule has 0 aliphatic heterocycles. The van der Waals surface area contributed by atoms with Gasteiger partial charge in [-0.15, -0.1) is 11.3 Å². The van der Waals surface area contributed by atoms with E-state index in [9.17, 15) is 0 Å². The molecule has 10 aromatic rings. The second-order valence-electron chi connectivity index (χ2n) is 12.5. The van der Waals surface area contributed by atoms with E-state index >= 15 is 0 Å². The van der Waals surface area contributed by atoms with Crippen LogP contribution in [-0.4, -0.2) is 9.97 Å². The molecule has 7 aromatic carbocycles. The Morgan fingerprint density at radius 1 is 0.400 bits per heavy atom. The van der Waals surface area contributed by atoms with Gasteiger partial charge < -0.3 is 4.42 Å². The molecule has 3 aromatic heterocycles. The zero-order valence-corrected chi connectivity index (χ0v) is 27.7. The highest BCUT2D eigenvalue weighted by atomic mass is 32.1. The van der Waals surface area contributed by atoms with Crippen molar-refractivity contribution in [2.45, 2.75) is 0 Å². The van der Waals surface area contributed by atoms with Crippen molar-refractivity contribution in [1.29, 1.82) is 0 Å². The van der Waals surface area contributed by atoms with Gasteiger partial charge in [0.1, 0.15) is 11.2 Å². The van der Waals surface area contributed by atoms with Crippen molar-refractivity contribution in [3.8, 4) is 56.2 Å². The molecule has 50 heavy (non-hydrogen) atoms. The summed E-state index contributed by atoms with van der Waals surface area (Å²) in [5, 5.41) is 4.70. The molecule has 0 spiro atoms. The Morgan fingerprint density at radius 2 is 0.960 bits per heavy atom. The van der Waals surface area contributed by atoms with Crippen LogP contribution in [0.5, 0.6) is 0 Å². The van der Waals surface area contributed by atoms with E-state index in [1.807, 2.05) is 47.7 Å². The van der Waals surface area contributed by atoms with Crippen LogP contribution in [0.2, 0.25) is 0 Å². The number of aromatic nitrogens is 2. The maximum absolute atomic E-state index is 6.76. The number of hydrogen-bond acceptors (Lipinski definition) is 4. The minimum Gasteiger partial charge on any atom is -0.455 e. The number of rotatable bonds is 5. The summed E-state index contributed by atoms with van der Waals surface area (Å²) in [4.78, 5) is 10.4. The van der Waals surface area contributed by atoms with E-state index in [0.29, 0.717) is 5.82 Å². The van der Waals surface area contributed by atoms with Gasteiger partial charge in [-0.2, -0.15) is 0 Å². The molecule has 3 heterocycles. The lowest BCUT2D eigenvalue weighted by molar-refractivity contribution is 0.669. The lowest BCUT2D eigenvalue weighted by atomic mass is 9.93. The molecule has 0 aliphatic carbocycles. The van der Waals surface area contributed by atoms with E-state index in [1.54, 1.807) is 0 Å². The summed E-state index contributed by atoms with van der Waals surface area (Å²) in [5.74, 6) is 0.628. The number of thiophene rings is 1. The average Bonchev–Trinajstić information content (AvgIpc) is 3.77. The SMILES string of the molecule is c1ccc(-c2ccc(-c3cc(-c4ccccc4)nc(-c4ccc(-c5cccc6sc7ccccc7c56)c5c4oc4ccccc45)n3)cc2)cc1.